The van der Waals surface area contributed by atoms with Crippen LogP contribution in [0.15, 0.2) is 0 Å². The number of carbonyl (C=O) groups excluding carboxylic acids is 1. The van der Waals surface area contributed by atoms with Gasteiger partial charge in [0.25, 0.3) is 0 Å². The number of hydrogen-bond acceptors (Lipinski definition) is 6. The zero-order valence-corrected chi connectivity index (χ0v) is 16.0. The minimum Gasteiger partial charge on any atom is -0.459 e. The van der Waals surface area contributed by atoms with Crippen LogP contribution in [0.3, 0.4) is 0 Å². The van der Waals surface area contributed by atoms with Gasteiger partial charge in [-0.05, 0) is 54.5 Å². The second-order valence-electron chi connectivity index (χ2n) is 5.85. The lowest BCUT2D eigenvalue weighted by Gasteiger charge is -2.28. The van der Waals surface area contributed by atoms with Crippen LogP contribution in [0.25, 0.3) is 0 Å². The van der Waals surface area contributed by atoms with Crippen LogP contribution in [-0.4, -0.2) is 53.3 Å². The highest BCUT2D eigenvalue weighted by molar-refractivity contribution is 6.60. The third-order valence-corrected chi connectivity index (χ3v) is 5.77. The highest BCUT2D eigenvalue weighted by Crippen LogP contribution is 2.17. The summed E-state index contributed by atoms with van der Waals surface area (Å²) in [5.41, 5.74) is -0.445. The molecule has 0 atom stereocenters. The molecule has 7 heteroatoms. The summed E-state index contributed by atoms with van der Waals surface area (Å²) in [5, 5.41) is 3.09. The molecule has 0 unspecified atom stereocenters. The lowest BCUT2D eigenvalue weighted by molar-refractivity contribution is -0.153. The summed E-state index contributed by atoms with van der Waals surface area (Å²) in [4.78, 5) is 11.6. The van der Waals surface area contributed by atoms with Gasteiger partial charge in [-0.25, -0.2) is 0 Å². The molecule has 0 saturated carbocycles. The molecule has 132 valence electrons. The molecule has 0 spiro atoms. The van der Waals surface area contributed by atoms with Crippen molar-refractivity contribution in [3.63, 3.8) is 0 Å². The van der Waals surface area contributed by atoms with Crippen LogP contribution >= 0.6 is 0 Å². The van der Waals surface area contributed by atoms with Gasteiger partial charge >= 0.3 is 14.8 Å². The fraction of sp³-hybridized carbons (Fsp3) is 0.933. The number of ether oxygens (including phenoxy) is 1. The van der Waals surface area contributed by atoms with Crippen molar-refractivity contribution in [3.8, 4) is 0 Å². The van der Waals surface area contributed by atoms with Gasteiger partial charge < -0.3 is 23.3 Å². The molecule has 0 aromatic heterocycles. The highest BCUT2D eigenvalue weighted by atomic mass is 28.4. The fourth-order valence-corrected chi connectivity index (χ4v) is 4.61. The topological polar surface area (TPSA) is 66.0 Å². The van der Waals surface area contributed by atoms with E-state index in [-0.39, 0.29) is 12.5 Å². The zero-order chi connectivity index (χ0) is 17.1. The van der Waals surface area contributed by atoms with E-state index in [0.29, 0.717) is 26.4 Å². The maximum atomic E-state index is 11.6. The SMILES string of the molecule is CCO[Si](CCCNCC(=O)OC(C)(C)C)(OCC)OCC. The third kappa shape index (κ3) is 10.3. The van der Waals surface area contributed by atoms with E-state index in [2.05, 4.69) is 5.32 Å². The maximum Gasteiger partial charge on any atom is 0.500 e. The standard InChI is InChI=1S/C15H33NO5Si/c1-7-18-22(19-8-2,20-9-3)12-10-11-16-13-14(17)21-15(4,5)6/h16H,7-13H2,1-6H3. The third-order valence-electron chi connectivity index (χ3n) is 2.62. The van der Waals surface area contributed by atoms with Gasteiger partial charge in [-0.2, -0.15) is 0 Å². The van der Waals surface area contributed by atoms with Crippen molar-refractivity contribution in [2.45, 2.75) is 59.6 Å². The van der Waals surface area contributed by atoms with Crippen molar-refractivity contribution >= 4 is 14.8 Å². The minimum absolute atomic E-state index is 0.212. The smallest absolute Gasteiger partial charge is 0.459 e. The summed E-state index contributed by atoms with van der Waals surface area (Å²) in [6.45, 7) is 14.1. The van der Waals surface area contributed by atoms with E-state index in [1.807, 2.05) is 41.5 Å². The van der Waals surface area contributed by atoms with E-state index in [4.69, 9.17) is 18.0 Å². The van der Waals surface area contributed by atoms with Crippen molar-refractivity contribution in [2.24, 2.45) is 0 Å². The van der Waals surface area contributed by atoms with E-state index in [1.165, 1.54) is 0 Å². The van der Waals surface area contributed by atoms with Gasteiger partial charge in [0, 0.05) is 25.9 Å². The van der Waals surface area contributed by atoms with Crippen LogP contribution in [0.4, 0.5) is 0 Å². The predicted octanol–water partition coefficient (Wildman–Crippen LogP) is 2.36. The number of carbonyl (C=O) groups is 1. The predicted molar refractivity (Wildman–Crippen MR) is 88.8 cm³/mol. The molecule has 0 heterocycles. The van der Waals surface area contributed by atoms with E-state index in [9.17, 15) is 4.79 Å². The van der Waals surface area contributed by atoms with Crippen LogP contribution in [0.5, 0.6) is 0 Å². The Balaban J connectivity index is 4.09. The average molecular weight is 336 g/mol. The summed E-state index contributed by atoms with van der Waals surface area (Å²) >= 11 is 0. The molecule has 6 nitrogen and oxygen atoms in total. The number of hydrogen-bond donors (Lipinski definition) is 1. The number of esters is 1. The molecule has 0 aliphatic heterocycles. The highest BCUT2D eigenvalue weighted by Gasteiger charge is 2.39. The molecular weight excluding hydrogens is 302 g/mol. The molecule has 0 rings (SSSR count). The monoisotopic (exact) mass is 335 g/mol. The van der Waals surface area contributed by atoms with Gasteiger partial charge in [0.05, 0.1) is 6.54 Å². The Morgan fingerprint density at radius 2 is 1.50 bits per heavy atom. The molecule has 0 aromatic rings. The van der Waals surface area contributed by atoms with Crippen LogP contribution < -0.4 is 5.32 Å². The van der Waals surface area contributed by atoms with Gasteiger partial charge in [-0.1, -0.05) is 0 Å². The van der Waals surface area contributed by atoms with E-state index < -0.39 is 14.4 Å². The maximum absolute atomic E-state index is 11.6. The lowest BCUT2D eigenvalue weighted by Crippen LogP contribution is -2.46. The van der Waals surface area contributed by atoms with Gasteiger partial charge in [-0.3, -0.25) is 4.79 Å². The Kier molecular flexibility index (Phi) is 10.9. The summed E-state index contributed by atoms with van der Waals surface area (Å²) in [5.74, 6) is -0.240. The molecule has 22 heavy (non-hydrogen) atoms. The number of rotatable bonds is 12. The molecular formula is C15H33NO5Si. The first-order chi connectivity index (χ1) is 10.3. The Hall–Kier alpha value is -0.473. The van der Waals surface area contributed by atoms with Gasteiger partial charge in [0.1, 0.15) is 5.60 Å². The lowest BCUT2D eigenvalue weighted by atomic mass is 10.2. The molecule has 0 aromatic carbocycles. The van der Waals surface area contributed by atoms with Crippen molar-refractivity contribution < 1.29 is 22.8 Å². The quantitative estimate of drug-likeness (QED) is 0.335. The molecule has 0 bridgehead atoms. The van der Waals surface area contributed by atoms with Crippen LogP contribution in [0.2, 0.25) is 6.04 Å². The van der Waals surface area contributed by atoms with Gasteiger partial charge in [0.15, 0.2) is 0 Å². The summed E-state index contributed by atoms with van der Waals surface area (Å²) in [6, 6.07) is 0.740. The van der Waals surface area contributed by atoms with Crippen LogP contribution in [0, 0.1) is 0 Å². The fourth-order valence-electron chi connectivity index (χ4n) is 2.00. The molecule has 1 N–H and O–H groups in total. The average Bonchev–Trinajstić information content (AvgIpc) is 2.37. The molecule has 0 aliphatic rings. The van der Waals surface area contributed by atoms with Gasteiger partial charge in [-0.15, -0.1) is 0 Å². The Morgan fingerprint density at radius 1 is 1.00 bits per heavy atom. The summed E-state index contributed by atoms with van der Waals surface area (Å²) in [7, 11) is -2.57. The van der Waals surface area contributed by atoms with Gasteiger partial charge in [0.2, 0.25) is 0 Å². The van der Waals surface area contributed by atoms with E-state index in [1.54, 1.807) is 0 Å². The van der Waals surface area contributed by atoms with Crippen molar-refractivity contribution in [3.05, 3.63) is 0 Å². The Labute approximate surface area is 136 Å². The molecule has 0 amide bonds. The molecule has 0 radical (unpaired) electrons. The van der Waals surface area contributed by atoms with E-state index in [0.717, 1.165) is 12.5 Å². The van der Waals surface area contributed by atoms with Crippen LogP contribution in [-0.2, 0) is 22.8 Å². The second-order valence-corrected chi connectivity index (χ2v) is 8.58. The first-order valence-electron chi connectivity index (χ1n) is 8.13. The van der Waals surface area contributed by atoms with Crippen LogP contribution in [0.1, 0.15) is 48.0 Å². The Bertz CT molecular complexity index is 290. The first kappa shape index (κ1) is 21.5. The van der Waals surface area contributed by atoms with Crippen molar-refractivity contribution in [1.29, 1.82) is 0 Å². The molecule has 0 saturated heterocycles. The zero-order valence-electron chi connectivity index (χ0n) is 15.0. The van der Waals surface area contributed by atoms with Crippen molar-refractivity contribution in [2.75, 3.05) is 32.9 Å². The number of nitrogens with one attached hydrogen (secondary N) is 1. The normalized spacial score (nSPS) is 12.5. The van der Waals surface area contributed by atoms with Crippen molar-refractivity contribution in [1.82, 2.24) is 5.32 Å². The minimum atomic E-state index is -2.57. The summed E-state index contributed by atoms with van der Waals surface area (Å²) < 4.78 is 22.6. The molecule has 0 fully saturated rings. The second kappa shape index (κ2) is 11.1. The largest absolute Gasteiger partial charge is 0.500 e. The molecule has 0 aliphatic carbocycles. The summed E-state index contributed by atoms with van der Waals surface area (Å²) in [6.07, 6.45) is 0.828. The van der Waals surface area contributed by atoms with E-state index >= 15 is 0 Å². The first-order valence-corrected chi connectivity index (χ1v) is 10.1. The Morgan fingerprint density at radius 3 is 1.91 bits per heavy atom.